The smallest absolute Gasteiger partial charge is 0.435 e. The van der Waals surface area contributed by atoms with E-state index in [1.54, 1.807) is 41.5 Å². The Morgan fingerprint density at radius 1 is 0.864 bits per heavy atom. The Balaban J connectivity index is 0.000000359. The molecule has 0 spiro atoms. The number of halogens is 1. The molecule has 2 aromatic rings. The van der Waals surface area contributed by atoms with Gasteiger partial charge in [-0.15, -0.1) is 16.7 Å². The van der Waals surface area contributed by atoms with Crippen LogP contribution in [0.15, 0.2) is 29.3 Å². The number of nitrogens with zero attached hydrogens (tertiary/aromatic N) is 3. The number of carbonyl (C=O) groups is 4. The van der Waals surface area contributed by atoms with Crippen LogP contribution in [0.1, 0.15) is 101 Å². The van der Waals surface area contributed by atoms with E-state index in [2.05, 4.69) is 24.0 Å². The van der Waals surface area contributed by atoms with Gasteiger partial charge in [0.05, 0.1) is 5.88 Å². The first kappa shape index (κ1) is 38.6. The molecule has 0 bridgehead atoms. The number of aromatic amines is 1. The molecule has 0 amide bonds. The minimum absolute atomic E-state index is 0. The summed E-state index contributed by atoms with van der Waals surface area (Å²) in [6.07, 6.45) is 7.47. The van der Waals surface area contributed by atoms with Crippen molar-refractivity contribution in [2.24, 2.45) is 10.8 Å². The second-order valence-electron chi connectivity index (χ2n) is 13.7. The van der Waals surface area contributed by atoms with Crippen LogP contribution < -0.4 is 10.3 Å². The van der Waals surface area contributed by atoms with E-state index in [-0.39, 0.29) is 48.3 Å². The number of hydrogen-bond acceptors (Lipinski definition) is 9. The molecule has 0 aliphatic heterocycles. The van der Waals surface area contributed by atoms with Gasteiger partial charge in [0.25, 0.3) is 5.56 Å². The normalized spacial score (nSPS) is 15.6. The molecule has 4 rings (SSSR count). The predicted octanol–water partition coefficient (Wildman–Crippen LogP) is 6.38. The van der Waals surface area contributed by atoms with Crippen molar-refractivity contribution in [3.8, 4) is 5.88 Å². The third-order valence-corrected chi connectivity index (χ3v) is 6.62. The van der Waals surface area contributed by atoms with Crippen molar-refractivity contribution in [1.82, 2.24) is 19.6 Å². The number of aromatic nitrogens is 4. The highest BCUT2D eigenvalue weighted by molar-refractivity contribution is 6.27. The van der Waals surface area contributed by atoms with E-state index in [0.29, 0.717) is 18.3 Å². The van der Waals surface area contributed by atoms with Crippen molar-refractivity contribution in [2.45, 2.75) is 113 Å². The van der Waals surface area contributed by atoms with Crippen molar-refractivity contribution in [2.75, 3.05) is 12.5 Å². The van der Waals surface area contributed by atoms with E-state index in [4.69, 9.17) is 25.8 Å². The summed E-state index contributed by atoms with van der Waals surface area (Å²) >= 11 is 5.34. The molecule has 0 unspecified atom stereocenters. The lowest BCUT2D eigenvalue weighted by Crippen LogP contribution is -2.28. The summed E-state index contributed by atoms with van der Waals surface area (Å²) in [5.41, 5.74) is -0.953. The molecule has 0 saturated heterocycles. The SMILES string of the molecule is C.CC(C)(C)OC(=O)n1ccc(=O)[nH]1.CC1(CC(=O)CCl)CC1.CC1(CC(=O)COc2ccn(C(=O)OC(C)(C)C)n2)CC1. The summed E-state index contributed by atoms with van der Waals surface area (Å²) in [6, 6.07) is 2.79. The highest BCUT2D eigenvalue weighted by Gasteiger charge is 2.39. The molecule has 0 radical (unpaired) electrons. The van der Waals surface area contributed by atoms with Gasteiger partial charge in [0, 0.05) is 37.4 Å². The van der Waals surface area contributed by atoms with E-state index < -0.39 is 23.4 Å². The highest BCUT2D eigenvalue weighted by Crippen LogP contribution is 2.48. The van der Waals surface area contributed by atoms with Gasteiger partial charge in [0.2, 0.25) is 5.88 Å². The van der Waals surface area contributed by atoms with Crippen LogP contribution in [0, 0.1) is 10.8 Å². The fraction of sp³-hybridized carbons (Fsp3) is 0.677. The second-order valence-corrected chi connectivity index (χ2v) is 14.0. The van der Waals surface area contributed by atoms with Crippen LogP contribution >= 0.6 is 11.6 Å². The van der Waals surface area contributed by atoms with Gasteiger partial charge < -0.3 is 14.2 Å². The first-order valence-electron chi connectivity index (χ1n) is 14.2. The number of ketones is 2. The number of Topliss-reactive ketones (excluding diaryl/α,β-unsaturated/α-hetero) is 2. The Morgan fingerprint density at radius 2 is 1.36 bits per heavy atom. The molecule has 2 saturated carbocycles. The molecule has 12 nitrogen and oxygen atoms in total. The third kappa shape index (κ3) is 15.4. The van der Waals surface area contributed by atoms with E-state index in [1.807, 2.05) is 0 Å². The zero-order chi connectivity index (χ0) is 32.6. The molecule has 0 aromatic carbocycles. The van der Waals surface area contributed by atoms with Crippen LogP contribution in [0.25, 0.3) is 0 Å². The summed E-state index contributed by atoms with van der Waals surface area (Å²) < 4.78 is 17.6. The minimum Gasteiger partial charge on any atom is -0.469 e. The Morgan fingerprint density at radius 3 is 1.80 bits per heavy atom. The third-order valence-electron chi connectivity index (χ3n) is 6.33. The average Bonchev–Trinajstić information content (AvgIpc) is 3.62. The molecule has 2 heterocycles. The molecule has 2 fully saturated rings. The van der Waals surface area contributed by atoms with Gasteiger partial charge in [-0.1, -0.05) is 21.3 Å². The topological polar surface area (TPSA) is 152 Å². The summed E-state index contributed by atoms with van der Waals surface area (Å²) in [6.45, 7) is 14.8. The Labute approximate surface area is 264 Å². The number of alkyl halides is 1. The standard InChI is InChI=1S/C15H22N2O4.C8H12N2O3.C7H11ClO.CH4/c1-14(2,3)21-13(19)17-8-5-12(16-17)20-10-11(18)9-15(4)6-7-15;1-8(2,3)13-7(12)10-5-4-6(11)9-10;1-7(2-3-7)4-6(9)5-8;/h5,8H,6-7,9-10H2,1-4H3;4-5H,1-3H3,(H,9,11);2-5H2,1H3;1H4. The summed E-state index contributed by atoms with van der Waals surface area (Å²) in [7, 11) is 0. The first-order chi connectivity index (χ1) is 19.7. The van der Waals surface area contributed by atoms with Crippen molar-refractivity contribution in [3.05, 3.63) is 34.9 Å². The van der Waals surface area contributed by atoms with Crippen molar-refractivity contribution >= 4 is 35.4 Å². The maximum Gasteiger partial charge on any atom is 0.435 e. The lowest BCUT2D eigenvalue weighted by Gasteiger charge is -2.18. The van der Waals surface area contributed by atoms with Gasteiger partial charge in [-0.05, 0) is 78.1 Å². The minimum atomic E-state index is -0.588. The van der Waals surface area contributed by atoms with Crippen LogP contribution in [0.2, 0.25) is 0 Å². The molecular weight excluding hydrogens is 592 g/mol. The van der Waals surface area contributed by atoms with Gasteiger partial charge in [0.1, 0.15) is 23.6 Å². The molecule has 248 valence electrons. The summed E-state index contributed by atoms with van der Waals surface area (Å²) in [5.74, 6) is 0.684. The maximum atomic E-state index is 11.8. The molecule has 1 N–H and O–H groups in total. The number of nitrogens with one attached hydrogen (secondary N) is 1. The molecule has 13 heteroatoms. The van der Waals surface area contributed by atoms with Gasteiger partial charge in [-0.2, -0.15) is 9.36 Å². The Kier molecular flexibility index (Phi) is 13.6. The first-order valence-corrected chi connectivity index (χ1v) is 14.8. The number of carbonyl (C=O) groups excluding carboxylic acids is 4. The van der Waals surface area contributed by atoms with E-state index >= 15 is 0 Å². The van der Waals surface area contributed by atoms with Crippen LogP contribution in [0.5, 0.6) is 5.88 Å². The van der Waals surface area contributed by atoms with E-state index in [9.17, 15) is 24.0 Å². The maximum absolute atomic E-state index is 11.8. The van der Waals surface area contributed by atoms with E-state index in [1.165, 1.54) is 37.4 Å². The molecule has 44 heavy (non-hydrogen) atoms. The number of ether oxygens (including phenoxy) is 3. The number of hydrogen-bond donors (Lipinski definition) is 1. The van der Waals surface area contributed by atoms with Gasteiger partial charge in [-0.25, -0.2) is 9.59 Å². The molecule has 2 aliphatic rings. The van der Waals surface area contributed by atoms with Gasteiger partial charge >= 0.3 is 12.2 Å². The van der Waals surface area contributed by atoms with Gasteiger partial charge in [-0.3, -0.25) is 19.5 Å². The molecular formula is C31H49ClN4O8. The Hall–Kier alpha value is -3.41. The van der Waals surface area contributed by atoms with Crippen molar-refractivity contribution < 1.29 is 33.4 Å². The molecule has 0 atom stereocenters. The predicted molar refractivity (Wildman–Crippen MR) is 167 cm³/mol. The lowest BCUT2D eigenvalue weighted by molar-refractivity contribution is -0.122. The zero-order valence-corrected chi connectivity index (χ0v) is 27.2. The van der Waals surface area contributed by atoms with Crippen molar-refractivity contribution in [1.29, 1.82) is 0 Å². The highest BCUT2D eigenvalue weighted by atomic mass is 35.5. The number of H-pyrrole nitrogens is 1. The zero-order valence-electron chi connectivity index (χ0n) is 26.5. The summed E-state index contributed by atoms with van der Waals surface area (Å²) in [4.78, 5) is 56.2. The van der Waals surface area contributed by atoms with Crippen LogP contribution in [-0.4, -0.2) is 67.0 Å². The second kappa shape index (κ2) is 15.5. The fourth-order valence-electron chi connectivity index (χ4n) is 3.53. The van der Waals surface area contributed by atoms with Crippen LogP contribution in [-0.2, 0) is 19.1 Å². The monoisotopic (exact) mass is 640 g/mol. The quantitative estimate of drug-likeness (QED) is 0.324. The largest absolute Gasteiger partial charge is 0.469 e. The van der Waals surface area contributed by atoms with Crippen molar-refractivity contribution in [3.63, 3.8) is 0 Å². The molecule has 2 aromatic heterocycles. The van der Waals surface area contributed by atoms with Crippen LogP contribution in [0.4, 0.5) is 9.59 Å². The van der Waals surface area contributed by atoms with E-state index in [0.717, 1.165) is 22.2 Å². The molecule has 2 aliphatic carbocycles. The number of rotatable bonds is 8. The Bertz CT molecular complexity index is 1320. The summed E-state index contributed by atoms with van der Waals surface area (Å²) in [5, 5.41) is 6.23. The average molecular weight is 641 g/mol. The van der Waals surface area contributed by atoms with Crippen LogP contribution in [0.3, 0.4) is 0 Å². The van der Waals surface area contributed by atoms with Gasteiger partial charge in [0.15, 0.2) is 5.78 Å². The fourth-order valence-corrected chi connectivity index (χ4v) is 3.63. The lowest BCUT2D eigenvalue weighted by atomic mass is 10.0.